The zero-order valence-corrected chi connectivity index (χ0v) is 16.3. The van der Waals surface area contributed by atoms with Crippen LogP contribution in [0.5, 0.6) is 11.6 Å². The van der Waals surface area contributed by atoms with Crippen molar-refractivity contribution in [1.29, 1.82) is 0 Å². The molecule has 2 aromatic rings. The van der Waals surface area contributed by atoms with Gasteiger partial charge in [-0.1, -0.05) is 6.92 Å². The van der Waals surface area contributed by atoms with Crippen molar-refractivity contribution < 1.29 is 38.0 Å². The second-order valence-corrected chi connectivity index (χ2v) is 7.27. The van der Waals surface area contributed by atoms with E-state index in [1.807, 2.05) is 0 Å². The quantitative estimate of drug-likeness (QED) is 0.661. The summed E-state index contributed by atoms with van der Waals surface area (Å²) in [6.45, 7) is 5.74. The van der Waals surface area contributed by atoms with Crippen molar-refractivity contribution in [2.45, 2.75) is 51.9 Å². The molecule has 0 radical (unpaired) electrons. The molecule has 11 heteroatoms. The van der Waals surface area contributed by atoms with E-state index in [9.17, 15) is 28.2 Å². The minimum atomic E-state index is -4.93. The highest BCUT2D eigenvalue weighted by atomic mass is 19.4. The third-order valence-electron chi connectivity index (χ3n) is 4.09. The van der Waals surface area contributed by atoms with Gasteiger partial charge in [-0.25, -0.2) is 9.48 Å². The molecule has 0 aliphatic rings. The summed E-state index contributed by atoms with van der Waals surface area (Å²) in [5, 5.41) is 32.3. The maximum atomic E-state index is 13.7. The maximum Gasteiger partial charge on any atom is 0.420 e. The Hall–Kier alpha value is -2.66. The molecule has 3 N–H and O–H groups in total. The first-order chi connectivity index (χ1) is 13.3. The highest BCUT2D eigenvalue weighted by Gasteiger charge is 2.40. The van der Waals surface area contributed by atoms with Gasteiger partial charge < -0.3 is 20.1 Å². The monoisotopic (exact) mass is 417 g/mol. The van der Waals surface area contributed by atoms with Crippen LogP contribution < -0.4 is 4.74 Å². The highest BCUT2D eigenvalue weighted by Crippen LogP contribution is 2.43. The second kappa shape index (κ2) is 7.99. The van der Waals surface area contributed by atoms with Gasteiger partial charge in [-0.05, 0) is 27.2 Å². The van der Waals surface area contributed by atoms with E-state index in [0.29, 0.717) is 0 Å². The molecule has 0 saturated carbocycles. The highest BCUT2D eigenvalue weighted by molar-refractivity contribution is 5.88. The fourth-order valence-electron chi connectivity index (χ4n) is 2.78. The molecular weight excluding hydrogens is 395 g/mol. The number of rotatable bonds is 6. The van der Waals surface area contributed by atoms with E-state index in [1.165, 1.54) is 4.68 Å². The normalized spacial score (nSPS) is 13.4. The summed E-state index contributed by atoms with van der Waals surface area (Å²) in [6, 6.07) is 0. The molecule has 29 heavy (non-hydrogen) atoms. The van der Waals surface area contributed by atoms with Crippen molar-refractivity contribution in [2.75, 3.05) is 6.61 Å². The van der Waals surface area contributed by atoms with Gasteiger partial charge >= 0.3 is 12.1 Å². The summed E-state index contributed by atoms with van der Waals surface area (Å²) in [5.74, 6) is -2.24. The van der Waals surface area contributed by atoms with Crippen LogP contribution in [0.4, 0.5) is 13.2 Å². The molecule has 0 bridgehead atoms. The first-order valence-corrected chi connectivity index (χ1v) is 8.70. The molecule has 1 unspecified atom stereocenters. The Labute approximate surface area is 164 Å². The number of nitrogens with zero attached hydrogens (tertiary/aromatic N) is 3. The van der Waals surface area contributed by atoms with Gasteiger partial charge in [0.25, 0.3) is 0 Å². The molecule has 2 aromatic heterocycles. The van der Waals surface area contributed by atoms with Crippen molar-refractivity contribution in [1.82, 2.24) is 14.8 Å². The molecule has 160 valence electrons. The summed E-state index contributed by atoms with van der Waals surface area (Å²) in [4.78, 5) is 15.2. The van der Waals surface area contributed by atoms with E-state index in [-0.39, 0.29) is 23.6 Å². The number of aliphatic hydroxyl groups excluding tert-OH is 2. The summed E-state index contributed by atoms with van der Waals surface area (Å²) >= 11 is 0. The molecular formula is C18H22F3N3O5. The zero-order valence-electron chi connectivity index (χ0n) is 16.3. The van der Waals surface area contributed by atoms with Crippen LogP contribution in [-0.2, 0) is 18.1 Å². The Morgan fingerprint density at radius 1 is 1.28 bits per heavy atom. The van der Waals surface area contributed by atoms with Gasteiger partial charge in [-0.3, -0.25) is 4.98 Å². The van der Waals surface area contributed by atoms with Gasteiger partial charge in [-0.15, -0.1) is 0 Å². The predicted molar refractivity (Wildman–Crippen MR) is 94.9 cm³/mol. The van der Waals surface area contributed by atoms with Gasteiger partial charge in [0.2, 0.25) is 5.88 Å². The third-order valence-corrected chi connectivity index (χ3v) is 4.09. The lowest BCUT2D eigenvalue weighted by Crippen LogP contribution is -2.24. The van der Waals surface area contributed by atoms with Crippen molar-refractivity contribution in [2.24, 2.45) is 0 Å². The fraction of sp³-hybridized carbons (Fsp3) is 0.500. The first kappa shape index (κ1) is 22.6. The Morgan fingerprint density at radius 3 is 2.34 bits per heavy atom. The van der Waals surface area contributed by atoms with Gasteiger partial charge in [0, 0.05) is 17.3 Å². The minimum Gasteiger partial charge on any atom is -0.476 e. The van der Waals surface area contributed by atoms with Crippen molar-refractivity contribution >= 4 is 5.97 Å². The number of ether oxygens (including phenoxy) is 1. The van der Waals surface area contributed by atoms with E-state index < -0.39 is 47.3 Å². The topological polar surface area (TPSA) is 118 Å². The molecule has 0 fully saturated rings. The number of halogens is 3. The average Bonchev–Trinajstić information content (AvgIpc) is 2.98. The molecule has 2 rings (SSSR count). The lowest BCUT2D eigenvalue weighted by atomic mass is 10.0. The summed E-state index contributed by atoms with van der Waals surface area (Å²) in [5.41, 5.74) is -2.98. The number of carboxylic acid groups (broad SMARTS) is 1. The minimum absolute atomic E-state index is 0.119. The number of aliphatic hydroxyl groups is 2. The van der Waals surface area contributed by atoms with Gasteiger partial charge in [0.1, 0.15) is 11.7 Å². The van der Waals surface area contributed by atoms with E-state index in [2.05, 4.69) is 10.1 Å². The molecule has 0 saturated heterocycles. The average molecular weight is 417 g/mol. The number of aromatic nitrogens is 3. The second-order valence-electron chi connectivity index (χ2n) is 7.27. The van der Waals surface area contributed by atoms with Crippen LogP contribution in [0.25, 0.3) is 0 Å². The fourth-order valence-corrected chi connectivity index (χ4v) is 2.78. The summed E-state index contributed by atoms with van der Waals surface area (Å²) in [6.07, 6.45) is -5.01. The number of carbonyl (C=O) groups is 1. The van der Waals surface area contributed by atoms with Crippen molar-refractivity contribution in [3.63, 3.8) is 0 Å². The maximum absolute atomic E-state index is 13.7. The summed E-state index contributed by atoms with van der Waals surface area (Å²) < 4.78 is 48.0. The standard InChI is InChI=1S/C18H22F3N3O5/c1-5-9-14(16(27)28)23-24(17(2,3)4)15(9)29-12-7-22-6-10(11(26)8-25)13(12)18(19,20)21/h6-7,11,25-26H,5,8H2,1-4H3,(H,27,28). The van der Waals surface area contributed by atoms with Gasteiger partial charge in [0.15, 0.2) is 11.4 Å². The van der Waals surface area contributed by atoms with Gasteiger partial charge in [0.05, 0.1) is 18.3 Å². The number of aromatic carboxylic acids is 1. The predicted octanol–water partition coefficient (Wildman–Crippen LogP) is 3.13. The van der Waals surface area contributed by atoms with E-state index in [1.54, 1.807) is 27.7 Å². The molecule has 0 aliphatic carbocycles. The van der Waals surface area contributed by atoms with Crippen LogP contribution in [-0.4, -0.2) is 42.7 Å². The number of hydrogen-bond donors (Lipinski definition) is 3. The number of pyridine rings is 1. The smallest absolute Gasteiger partial charge is 0.420 e. The van der Waals surface area contributed by atoms with E-state index >= 15 is 0 Å². The molecule has 0 aliphatic heterocycles. The lowest BCUT2D eigenvalue weighted by molar-refractivity contribution is -0.140. The SMILES string of the molecule is CCc1c(C(=O)O)nn(C(C)(C)C)c1Oc1cncc(C(O)CO)c1C(F)(F)F. The zero-order chi connectivity index (χ0) is 22.1. The third kappa shape index (κ3) is 4.51. The van der Waals surface area contributed by atoms with E-state index in [4.69, 9.17) is 9.84 Å². The molecule has 2 heterocycles. The Bertz CT molecular complexity index is 903. The van der Waals surface area contributed by atoms with Crippen molar-refractivity contribution in [3.8, 4) is 11.6 Å². The molecule has 8 nitrogen and oxygen atoms in total. The van der Waals surface area contributed by atoms with E-state index in [0.717, 1.165) is 12.4 Å². The van der Waals surface area contributed by atoms with Crippen LogP contribution in [0.2, 0.25) is 0 Å². The van der Waals surface area contributed by atoms with Crippen LogP contribution in [0.1, 0.15) is 61.0 Å². The number of alkyl halides is 3. The molecule has 0 spiro atoms. The Balaban J connectivity index is 2.76. The largest absolute Gasteiger partial charge is 0.476 e. The molecule has 0 amide bonds. The van der Waals surface area contributed by atoms with Gasteiger partial charge in [-0.2, -0.15) is 18.3 Å². The Morgan fingerprint density at radius 2 is 1.90 bits per heavy atom. The lowest BCUT2D eigenvalue weighted by Gasteiger charge is -2.24. The number of hydrogen-bond acceptors (Lipinski definition) is 6. The Kier molecular flexibility index (Phi) is 6.24. The van der Waals surface area contributed by atoms with Crippen LogP contribution >= 0.6 is 0 Å². The summed E-state index contributed by atoms with van der Waals surface area (Å²) in [7, 11) is 0. The first-order valence-electron chi connectivity index (χ1n) is 8.70. The van der Waals surface area contributed by atoms with Crippen LogP contribution in [0, 0.1) is 0 Å². The number of carboxylic acids is 1. The van der Waals surface area contributed by atoms with Crippen molar-refractivity contribution in [3.05, 3.63) is 34.8 Å². The molecule has 0 aromatic carbocycles. The molecule has 1 atom stereocenters. The van der Waals surface area contributed by atoms with Crippen LogP contribution in [0.3, 0.4) is 0 Å². The van der Waals surface area contributed by atoms with Crippen LogP contribution in [0.15, 0.2) is 12.4 Å².